The molecule has 0 radical (unpaired) electrons. The second-order valence-corrected chi connectivity index (χ2v) is 7.92. The van der Waals surface area contributed by atoms with E-state index in [1.807, 2.05) is 6.08 Å². The van der Waals surface area contributed by atoms with Gasteiger partial charge in [0.05, 0.1) is 14.2 Å². The molecule has 0 bridgehead atoms. The lowest BCUT2D eigenvalue weighted by atomic mass is 10.1. The number of hydrogen-bond donors (Lipinski definition) is 2. The zero-order chi connectivity index (χ0) is 21.3. The molecule has 0 fully saturated rings. The molecule has 1 atom stereocenters. The van der Waals surface area contributed by atoms with Crippen molar-refractivity contribution >= 4 is 15.9 Å². The quantitative estimate of drug-likeness (QED) is 0.506. The third-order valence-electron chi connectivity index (χ3n) is 4.52. The van der Waals surface area contributed by atoms with Crippen molar-refractivity contribution in [2.75, 3.05) is 40.9 Å². The molecule has 8 nitrogen and oxygen atoms in total. The average Bonchev–Trinajstić information content (AvgIpc) is 2.71. The van der Waals surface area contributed by atoms with Crippen LogP contribution in [0.5, 0.6) is 11.5 Å². The topological polar surface area (TPSA) is 97.0 Å². The summed E-state index contributed by atoms with van der Waals surface area (Å²) in [7, 11) is 0.176. The number of carbonyl (C=O) groups is 1. The van der Waals surface area contributed by atoms with Crippen molar-refractivity contribution in [1.29, 1.82) is 0 Å². The molecule has 9 heteroatoms. The minimum Gasteiger partial charge on any atom is -0.493 e. The molecule has 158 valence electrons. The average molecular weight is 414 g/mol. The number of sulfonamides is 1. The maximum Gasteiger partial charge on any atom is 0.251 e. The van der Waals surface area contributed by atoms with Crippen molar-refractivity contribution in [3.63, 3.8) is 0 Å². The fraction of sp³-hybridized carbons (Fsp3) is 0.526. The predicted molar refractivity (Wildman–Crippen MR) is 110 cm³/mol. The molecule has 0 heterocycles. The highest BCUT2D eigenvalue weighted by atomic mass is 32.2. The number of methoxy groups -OCH3 is 2. The van der Waals surface area contributed by atoms with Crippen molar-refractivity contribution in [1.82, 2.24) is 14.9 Å². The van der Waals surface area contributed by atoms with Gasteiger partial charge in [0, 0.05) is 24.7 Å². The number of benzene rings is 1. The van der Waals surface area contributed by atoms with E-state index in [1.54, 1.807) is 0 Å². The molecule has 1 aromatic carbocycles. The summed E-state index contributed by atoms with van der Waals surface area (Å²) in [5, 5.41) is 2.88. The largest absolute Gasteiger partial charge is 0.493 e. The third-order valence-corrected chi connectivity index (χ3v) is 5.94. The van der Waals surface area contributed by atoms with E-state index < -0.39 is 10.0 Å². The summed E-state index contributed by atoms with van der Waals surface area (Å²) in [6.45, 7) is 9.86. The van der Waals surface area contributed by atoms with Crippen LogP contribution in [0.4, 0.5) is 0 Å². The molecule has 2 N–H and O–H groups in total. The van der Waals surface area contributed by atoms with E-state index in [1.165, 1.54) is 33.4 Å². The Morgan fingerprint density at radius 1 is 1.29 bits per heavy atom. The van der Waals surface area contributed by atoms with Crippen LogP contribution < -0.4 is 19.5 Å². The molecule has 28 heavy (non-hydrogen) atoms. The molecule has 1 rings (SSSR count). The van der Waals surface area contributed by atoms with E-state index in [0.717, 1.165) is 19.5 Å². The van der Waals surface area contributed by atoms with E-state index in [-0.39, 0.29) is 33.9 Å². The van der Waals surface area contributed by atoms with Crippen molar-refractivity contribution in [3.8, 4) is 11.5 Å². The van der Waals surface area contributed by atoms with Crippen molar-refractivity contribution < 1.29 is 22.7 Å². The van der Waals surface area contributed by atoms with Gasteiger partial charge in [0.1, 0.15) is 4.90 Å². The third kappa shape index (κ3) is 5.70. The molecule has 0 spiro atoms. The number of rotatable bonds is 12. The Morgan fingerprint density at radius 3 is 2.43 bits per heavy atom. The van der Waals surface area contributed by atoms with Gasteiger partial charge in [-0.3, -0.25) is 9.69 Å². The summed E-state index contributed by atoms with van der Waals surface area (Å²) < 4.78 is 37.3. The Hall–Kier alpha value is -2.10. The lowest BCUT2D eigenvalue weighted by molar-refractivity contribution is 0.0935. The van der Waals surface area contributed by atoms with Gasteiger partial charge in [-0.1, -0.05) is 19.9 Å². The van der Waals surface area contributed by atoms with Crippen LogP contribution in [0.2, 0.25) is 0 Å². The van der Waals surface area contributed by atoms with Gasteiger partial charge in [0.2, 0.25) is 10.0 Å². The van der Waals surface area contributed by atoms with Crippen LogP contribution in [0.1, 0.15) is 30.6 Å². The van der Waals surface area contributed by atoms with E-state index in [9.17, 15) is 13.2 Å². The molecule has 0 saturated carbocycles. The first-order chi connectivity index (χ1) is 13.3. The maximum atomic E-state index is 12.7. The van der Waals surface area contributed by atoms with Gasteiger partial charge >= 0.3 is 0 Å². The number of nitrogens with one attached hydrogen (secondary N) is 2. The number of amides is 1. The zero-order valence-electron chi connectivity index (χ0n) is 17.2. The summed E-state index contributed by atoms with van der Waals surface area (Å²) in [6.07, 6.45) is 2.69. The molecular formula is C19H31N3O5S. The predicted octanol–water partition coefficient (Wildman–Crippen LogP) is 1.63. The lowest BCUT2D eigenvalue weighted by Gasteiger charge is -2.29. The summed E-state index contributed by atoms with van der Waals surface area (Å²) in [4.78, 5) is 14.8. The van der Waals surface area contributed by atoms with Gasteiger partial charge in [-0.2, -0.15) is 0 Å². The molecule has 0 saturated heterocycles. The summed E-state index contributed by atoms with van der Waals surface area (Å²) in [6, 6.07) is 2.89. The second kappa shape index (κ2) is 11.0. The molecule has 0 aliphatic heterocycles. The van der Waals surface area contributed by atoms with Crippen molar-refractivity contribution in [3.05, 3.63) is 30.4 Å². The van der Waals surface area contributed by atoms with Crippen LogP contribution in [-0.2, 0) is 10.0 Å². The normalized spacial score (nSPS) is 12.5. The number of ether oxygens (including phenoxy) is 2. The van der Waals surface area contributed by atoms with Crippen molar-refractivity contribution in [2.24, 2.45) is 0 Å². The fourth-order valence-corrected chi connectivity index (χ4v) is 3.85. The smallest absolute Gasteiger partial charge is 0.251 e. The maximum absolute atomic E-state index is 12.7. The number of nitrogens with zero attached hydrogens (tertiary/aromatic N) is 1. The molecule has 0 aliphatic rings. The Kier molecular flexibility index (Phi) is 9.44. The monoisotopic (exact) mass is 413 g/mol. The first kappa shape index (κ1) is 23.9. The zero-order valence-corrected chi connectivity index (χ0v) is 18.1. The van der Waals surface area contributed by atoms with Crippen LogP contribution in [0.3, 0.4) is 0 Å². The Balaban J connectivity index is 3.17. The van der Waals surface area contributed by atoms with E-state index in [4.69, 9.17) is 9.47 Å². The molecule has 0 aliphatic carbocycles. The SMILES string of the molecule is C=CCN(CC)C(CC)CNC(=O)c1cc(OC)c(OC)c(S(=O)(=O)NC)c1. The first-order valence-corrected chi connectivity index (χ1v) is 10.6. The van der Waals surface area contributed by atoms with Crippen LogP contribution >= 0.6 is 0 Å². The molecule has 1 amide bonds. The summed E-state index contributed by atoms with van der Waals surface area (Å²) >= 11 is 0. The Labute approximate surface area is 167 Å². The Bertz CT molecular complexity index is 780. The number of likely N-dealkylation sites (N-methyl/N-ethyl adjacent to an activating group) is 1. The first-order valence-electron chi connectivity index (χ1n) is 9.12. The minimum absolute atomic E-state index is 0.0444. The van der Waals surface area contributed by atoms with E-state index >= 15 is 0 Å². The Morgan fingerprint density at radius 2 is 1.96 bits per heavy atom. The van der Waals surface area contributed by atoms with Gasteiger partial charge in [-0.05, 0) is 32.1 Å². The highest BCUT2D eigenvalue weighted by molar-refractivity contribution is 7.89. The van der Waals surface area contributed by atoms with Gasteiger partial charge < -0.3 is 14.8 Å². The van der Waals surface area contributed by atoms with Gasteiger partial charge in [-0.15, -0.1) is 6.58 Å². The van der Waals surface area contributed by atoms with Gasteiger partial charge in [-0.25, -0.2) is 13.1 Å². The highest BCUT2D eigenvalue weighted by Crippen LogP contribution is 2.35. The van der Waals surface area contributed by atoms with Gasteiger partial charge in [0.25, 0.3) is 5.91 Å². The molecule has 1 unspecified atom stereocenters. The van der Waals surface area contributed by atoms with Crippen molar-refractivity contribution in [2.45, 2.75) is 31.2 Å². The number of hydrogen-bond acceptors (Lipinski definition) is 6. The standard InChI is InChI=1S/C19H31N3O5S/c1-7-10-22(9-3)15(8-2)13-21-19(23)14-11-16(26-5)18(27-6)17(12-14)28(24,25)20-4/h7,11-12,15,20H,1,8-10,13H2,2-6H3,(H,21,23). The van der Waals surface area contributed by atoms with Crippen LogP contribution in [0, 0.1) is 0 Å². The van der Waals surface area contributed by atoms with Crippen LogP contribution in [0.15, 0.2) is 29.7 Å². The van der Waals surface area contributed by atoms with Crippen LogP contribution in [-0.4, -0.2) is 66.2 Å². The lowest BCUT2D eigenvalue weighted by Crippen LogP contribution is -2.43. The van der Waals surface area contributed by atoms with E-state index in [0.29, 0.717) is 6.54 Å². The number of carbonyl (C=O) groups excluding carboxylic acids is 1. The van der Waals surface area contributed by atoms with Crippen LogP contribution in [0.25, 0.3) is 0 Å². The molecule has 0 aromatic heterocycles. The van der Waals surface area contributed by atoms with Gasteiger partial charge in [0.15, 0.2) is 11.5 Å². The second-order valence-electron chi connectivity index (χ2n) is 6.07. The highest BCUT2D eigenvalue weighted by Gasteiger charge is 2.25. The fourth-order valence-electron chi connectivity index (χ4n) is 2.92. The summed E-state index contributed by atoms with van der Waals surface area (Å²) in [5.74, 6) is -0.178. The molecule has 1 aromatic rings. The minimum atomic E-state index is -3.84. The molecular weight excluding hydrogens is 382 g/mol. The van der Waals surface area contributed by atoms with E-state index in [2.05, 4.69) is 35.4 Å². The summed E-state index contributed by atoms with van der Waals surface area (Å²) in [5.41, 5.74) is 0.174.